The summed E-state index contributed by atoms with van der Waals surface area (Å²) >= 11 is 7.74. The van der Waals surface area contributed by atoms with Crippen LogP contribution in [0.4, 0.5) is 0 Å². The number of piperazine rings is 1. The van der Waals surface area contributed by atoms with Gasteiger partial charge in [0.05, 0.1) is 11.1 Å². The fraction of sp³-hybridized carbons (Fsp3) is 0.714. The molecule has 19 heavy (non-hydrogen) atoms. The van der Waals surface area contributed by atoms with Crippen molar-refractivity contribution in [3.8, 4) is 0 Å². The zero-order valence-corrected chi connectivity index (χ0v) is 13.4. The number of thiophene rings is 1. The van der Waals surface area contributed by atoms with E-state index in [1.165, 1.54) is 11.4 Å². The van der Waals surface area contributed by atoms with Crippen molar-refractivity contribution in [2.45, 2.75) is 19.9 Å². The standard InChI is InChI=1S/C14H24ClN3S/c1-11(2)9-17-3-5-18(6-4-17)13(8-16)14-7-12(15)10-19-14/h7,10-11,13H,3-6,8-9,16H2,1-2H3. The van der Waals surface area contributed by atoms with E-state index in [0.717, 1.165) is 37.1 Å². The highest BCUT2D eigenvalue weighted by molar-refractivity contribution is 7.10. The monoisotopic (exact) mass is 301 g/mol. The van der Waals surface area contributed by atoms with Crippen molar-refractivity contribution >= 4 is 22.9 Å². The number of halogens is 1. The SMILES string of the molecule is CC(C)CN1CCN(C(CN)c2cc(Cl)cs2)CC1. The summed E-state index contributed by atoms with van der Waals surface area (Å²) < 4.78 is 0. The molecular weight excluding hydrogens is 278 g/mol. The molecule has 2 N–H and O–H groups in total. The molecular formula is C14H24ClN3S. The molecule has 1 fully saturated rings. The first-order chi connectivity index (χ1) is 9.10. The lowest BCUT2D eigenvalue weighted by molar-refractivity contribution is 0.0924. The number of hydrogen-bond donors (Lipinski definition) is 1. The van der Waals surface area contributed by atoms with Crippen LogP contribution < -0.4 is 5.73 Å². The molecule has 0 saturated carbocycles. The molecule has 1 atom stereocenters. The molecule has 1 aromatic heterocycles. The predicted molar refractivity (Wildman–Crippen MR) is 84.0 cm³/mol. The molecule has 0 aliphatic carbocycles. The minimum absolute atomic E-state index is 0.332. The third-order valence-electron chi connectivity index (χ3n) is 3.61. The highest BCUT2D eigenvalue weighted by Crippen LogP contribution is 2.29. The third-order valence-corrected chi connectivity index (χ3v) is 4.99. The first kappa shape index (κ1) is 15.3. The lowest BCUT2D eigenvalue weighted by atomic mass is 10.1. The smallest absolute Gasteiger partial charge is 0.0565 e. The Labute approximate surface area is 125 Å². The second-order valence-electron chi connectivity index (χ2n) is 5.65. The molecule has 1 aliphatic rings. The Hall–Kier alpha value is -0.130. The summed E-state index contributed by atoms with van der Waals surface area (Å²) in [6.07, 6.45) is 0. The summed E-state index contributed by atoms with van der Waals surface area (Å²) in [6, 6.07) is 2.39. The van der Waals surface area contributed by atoms with Gasteiger partial charge < -0.3 is 10.6 Å². The predicted octanol–water partition coefficient (Wildman–Crippen LogP) is 2.67. The average Bonchev–Trinajstić information content (AvgIpc) is 2.78. The number of nitrogens with two attached hydrogens (primary N) is 1. The molecule has 0 bridgehead atoms. The van der Waals surface area contributed by atoms with Gasteiger partial charge in [0.25, 0.3) is 0 Å². The first-order valence-electron chi connectivity index (χ1n) is 7.00. The van der Waals surface area contributed by atoms with E-state index in [1.807, 2.05) is 5.38 Å². The van der Waals surface area contributed by atoms with E-state index in [0.29, 0.717) is 12.6 Å². The molecule has 5 heteroatoms. The summed E-state index contributed by atoms with van der Waals surface area (Å²) in [4.78, 5) is 6.35. The molecule has 1 aliphatic heterocycles. The van der Waals surface area contributed by atoms with Crippen LogP contribution in [0.1, 0.15) is 24.8 Å². The van der Waals surface area contributed by atoms with Gasteiger partial charge >= 0.3 is 0 Å². The van der Waals surface area contributed by atoms with Crippen LogP contribution in [0.25, 0.3) is 0 Å². The van der Waals surface area contributed by atoms with Gasteiger partial charge in [0.1, 0.15) is 0 Å². The van der Waals surface area contributed by atoms with Crippen molar-refractivity contribution in [3.63, 3.8) is 0 Å². The van der Waals surface area contributed by atoms with E-state index in [4.69, 9.17) is 17.3 Å². The van der Waals surface area contributed by atoms with Crippen molar-refractivity contribution in [1.29, 1.82) is 0 Å². The Balaban J connectivity index is 1.92. The average molecular weight is 302 g/mol. The molecule has 1 unspecified atom stereocenters. The Morgan fingerprint density at radius 3 is 2.47 bits per heavy atom. The Bertz CT molecular complexity index is 386. The largest absolute Gasteiger partial charge is 0.329 e. The van der Waals surface area contributed by atoms with Crippen molar-refractivity contribution in [2.75, 3.05) is 39.3 Å². The summed E-state index contributed by atoms with van der Waals surface area (Å²) in [5.74, 6) is 0.743. The minimum atomic E-state index is 0.332. The van der Waals surface area contributed by atoms with Crippen LogP contribution in [-0.4, -0.2) is 49.1 Å². The zero-order chi connectivity index (χ0) is 13.8. The van der Waals surface area contributed by atoms with Gasteiger partial charge in [0.2, 0.25) is 0 Å². The normalized spacial score (nSPS) is 20.1. The maximum Gasteiger partial charge on any atom is 0.0565 e. The van der Waals surface area contributed by atoms with Gasteiger partial charge in [0.15, 0.2) is 0 Å². The van der Waals surface area contributed by atoms with Crippen LogP contribution in [0.2, 0.25) is 5.02 Å². The quantitative estimate of drug-likeness (QED) is 0.907. The van der Waals surface area contributed by atoms with Gasteiger partial charge in [-0.25, -0.2) is 0 Å². The Morgan fingerprint density at radius 2 is 2.00 bits per heavy atom. The lowest BCUT2D eigenvalue weighted by Gasteiger charge is -2.39. The molecule has 1 saturated heterocycles. The van der Waals surface area contributed by atoms with Gasteiger partial charge in [-0.2, -0.15) is 0 Å². The lowest BCUT2D eigenvalue weighted by Crippen LogP contribution is -2.49. The molecule has 0 aromatic carbocycles. The number of rotatable bonds is 5. The van der Waals surface area contributed by atoms with E-state index in [2.05, 4.69) is 29.7 Å². The van der Waals surface area contributed by atoms with Gasteiger partial charge in [-0.3, -0.25) is 4.90 Å². The Kier molecular flexibility index (Phi) is 5.66. The van der Waals surface area contributed by atoms with Crippen molar-refractivity contribution in [2.24, 2.45) is 11.7 Å². The van der Waals surface area contributed by atoms with Crippen LogP contribution in [-0.2, 0) is 0 Å². The van der Waals surface area contributed by atoms with Gasteiger partial charge in [-0.05, 0) is 12.0 Å². The number of nitrogens with zero attached hydrogens (tertiary/aromatic N) is 2. The van der Waals surface area contributed by atoms with Crippen LogP contribution in [0.15, 0.2) is 11.4 Å². The summed E-state index contributed by atoms with van der Waals surface area (Å²) in [5, 5.41) is 2.83. The van der Waals surface area contributed by atoms with Gasteiger partial charge in [-0.1, -0.05) is 25.4 Å². The Morgan fingerprint density at radius 1 is 1.32 bits per heavy atom. The summed E-state index contributed by atoms with van der Waals surface area (Å²) in [6.45, 7) is 10.9. The topological polar surface area (TPSA) is 32.5 Å². The van der Waals surface area contributed by atoms with Crippen LogP contribution in [0, 0.1) is 5.92 Å². The van der Waals surface area contributed by atoms with Crippen molar-refractivity contribution in [1.82, 2.24) is 9.80 Å². The van der Waals surface area contributed by atoms with Crippen LogP contribution in [0.3, 0.4) is 0 Å². The highest BCUT2D eigenvalue weighted by atomic mass is 35.5. The van der Waals surface area contributed by atoms with E-state index < -0.39 is 0 Å². The molecule has 0 radical (unpaired) electrons. The van der Waals surface area contributed by atoms with E-state index in [9.17, 15) is 0 Å². The fourth-order valence-electron chi connectivity index (χ4n) is 2.72. The molecule has 108 valence electrons. The van der Waals surface area contributed by atoms with Crippen LogP contribution >= 0.6 is 22.9 Å². The molecule has 0 amide bonds. The highest BCUT2D eigenvalue weighted by Gasteiger charge is 2.25. The van der Waals surface area contributed by atoms with E-state index >= 15 is 0 Å². The maximum atomic E-state index is 6.02. The van der Waals surface area contributed by atoms with E-state index in [1.54, 1.807) is 11.3 Å². The number of hydrogen-bond acceptors (Lipinski definition) is 4. The summed E-state index contributed by atoms with van der Waals surface area (Å²) in [7, 11) is 0. The zero-order valence-electron chi connectivity index (χ0n) is 11.8. The molecule has 2 heterocycles. The van der Waals surface area contributed by atoms with Gasteiger partial charge in [-0.15, -0.1) is 11.3 Å². The van der Waals surface area contributed by atoms with Gasteiger partial charge in [0, 0.05) is 49.5 Å². The fourth-order valence-corrected chi connectivity index (χ4v) is 3.95. The second-order valence-corrected chi connectivity index (χ2v) is 7.03. The molecule has 2 rings (SSSR count). The van der Waals surface area contributed by atoms with Crippen molar-refractivity contribution < 1.29 is 0 Å². The third kappa shape index (κ3) is 4.17. The molecule has 0 spiro atoms. The van der Waals surface area contributed by atoms with Crippen molar-refractivity contribution in [3.05, 3.63) is 21.3 Å². The molecule has 3 nitrogen and oxygen atoms in total. The maximum absolute atomic E-state index is 6.02. The van der Waals surface area contributed by atoms with E-state index in [-0.39, 0.29) is 0 Å². The second kappa shape index (κ2) is 7.04. The summed E-state index contributed by atoms with van der Waals surface area (Å²) in [5.41, 5.74) is 5.97. The molecule has 1 aromatic rings. The minimum Gasteiger partial charge on any atom is -0.329 e. The van der Waals surface area contributed by atoms with Crippen LogP contribution in [0.5, 0.6) is 0 Å². The first-order valence-corrected chi connectivity index (χ1v) is 8.26.